The summed E-state index contributed by atoms with van der Waals surface area (Å²) in [6.07, 6.45) is 0. The van der Waals surface area contributed by atoms with Gasteiger partial charge in [0.15, 0.2) is 0 Å². The largest absolute Gasteiger partial charge is 0.469 e. The molecule has 0 N–H and O–H groups in total. The van der Waals surface area contributed by atoms with Gasteiger partial charge in [-0.1, -0.05) is 36.9 Å². The second-order valence-corrected chi connectivity index (χ2v) is 6.19. The summed E-state index contributed by atoms with van der Waals surface area (Å²) in [6, 6.07) is 0. The summed E-state index contributed by atoms with van der Waals surface area (Å²) >= 11 is 3.02. The molecule has 2 heterocycles. The third-order valence-electron chi connectivity index (χ3n) is 2.08. The van der Waals surface area contributed by atoms with Crippen molar-refractivity contribution in [3.8, 4) is 5.19 Å². The van der Waals surface area contributed by atoms with Crippen molar-refractivity contribution in [3.05, 3.63) is 5.01 Å². The maximum atomic E-state index is 5.29. The maximum Gasteiger partial charge on any atom is 0.294 e. The van der Waals surface area contributed by atoms with E-state index in [1.54, 1.807) is 11.8 Å². The van der Waals surface area contributed by atoms with E-state index in [1.165, 1.54) is 11.3 Å². The number of ether oxygens (including phenoxy) is 1. The molecule has 0 amide bonds. The molecule has 7 nitrogen and oxygen atoms in total. The van der Waals surface area contributed by atoms with Gasteiger partial charge in [0.05, 0.1) is 12.4 Å². The van der Waals surface area contributed by atoms with Crippen LogP contribution in [0.1, 0.15) is 25.8 Å². The second kappa shape index (κ2) is 6.80. The standard InChI is InChI=1S/C10H16N6OS2/c1-4-17-10-13-11-8(19-10)6-18-9-12-14-15-16(9)5-7(2)3/h7H,4-6H2,1-3H3. The Morgan fingerprint density at radius 3 is 2.89 bits per heavy atom. The predicted molar refractivity (Wildman–Crippen MR) is 73.3 cm³/mol. The first-order chi connectivity index (χ1) is 9.19. The molecule has 9 heteroatoms. The van der Waals surface area contributed by atoms with Gasteiger partial charge in [-0.3, -0.25) is 0 Å². The van der Waals surface area contributed by atoms with Gasteiger partial charge < -0.3 is 4.74 Å². The molecule has 104 valence electrons. The van der Waals surface area contributed by atoms with Gasteiger partial charge in [0.25, 0.3) is 5.19 Å². The summed E-state index contributed by atoms with van der Waals surface area (Å²) in [4.78, 5) is 0. The molecule has 0 saturated carbocycles. The zero-order chi connectivity index (χ0) is 13.7. The molecule has 2 aromatic heterocycles. The molecule has 0 bridgehead atoms. The molecule has 0 aliphatic rings. The van der Waals surface area contributed by atoms with Gasteiger partial charge in [-0.05, 0) is 23.3 Å². The van der Waals surface area contributed by atoms with Crippen LogP contribution in [0, 0.1) is 5.92 Å². The molecule has 19 heavy (non-hydrogen) atoms. The van der Waals surface area contributed by atoms with E-state index in [-0.39, 0.29) is 0 Å². The van der Waals surface area contributed by atoms with E-state index in [0.717, 1.165) is 16.7 Å². The predicted octanol–water partition coefficient (Wildman–Crippen LogP) is 1.87. The third kappa shape index (κ3) is 4.13. The van der Waals surface area contributed by atoms with E-state index >= 15 is 0 Å². The van der Waals surface area contributed by atoms with Crippen molar-refractivity contribution in [2.24, 2.45) is 5.92 Å². The Morgan fingerprint density at radius 1 is 1.32 bits per heavy atom. The number of tetrazole rings is 1. The molecule has 0 aliphatic carbocycles. The molecule has 2 rings (SSSR count). The van der Waals surface area contributed by atoms with Crippen molar-refractivity contribution in [1.29, 1.82) is 0 Å². The number of nitrogens with zero attached hydrogens (tertiary/aromatic N) is 6. The molecule has 0 saturated heterocycles. The lowest BCUT2D eigenvalue weighted by Gasteiger charge is -2.05. The number of aromatic nitrogens is 6. The Hall–Kier alpha value is -1.22. The average molecular weight is 300 g/mol. The normalized spacial score (nSPS) is 11.2. The van der Waals surface area contributed by atoms with Crippen molar-refractivity contribution >= 4 is 23.1 Å². The number of hydrogen-bond acceptors (Lipinski definition) is 8. The van der Waals surface area contributed by atoms with Crippen LogP contribution in [0.25, 0.3) is 0 Å². The lowest BCUT2D eigenvalue weighted by atomic mass is 10.2. The summed E-state index contributed by atoms with van der Waals surface area (Å²) in [5, 5.41) is 22.1. The highest BCUT2D eigenvalue weighted by Crippen LogP contribution is 2.25. The van der Waals surface area contributed by atoms with Gasteiger partial charge in [0, 0.05) is 6.54 Å². The third-order valence-corrected chi connectivity index (χ3v) is 4.06. The van der Waals surface area contributed by atoms with Crippen LogP contribution in [-0.4, -0.2) is 37.0 Å². The van der Waals surface area contributed by atoms with Crippen molar-refractivity contribution in [3.63, 3.8) is 0 Å². The lowest BCUT2D eigenvalue weighted by Crippen LogP contribution is -2.07. The van der Waals surface area contributed by atoms with E-state index in [0.29, 0.717) is 23.5 Å². The van der Waals surface area contributed by atoms with Crippen molar-refractivity contribution in [2.45, 2.75) is 38.2 Å². The lowest BCUT2D eigenvalue weighted by molar-refractivity contribution is 0.335. The van der Waals surface area contributed by atoms with Crippen LogP contribution in [0.15, 0.2) is 5.16 Å². The molecule has 0 aliphatic heterocycles. The van der Waals surface area contributed by atoms with Gasteiger partial charge >= 0.3 is 0 Å². The fourth-order valence-electron chi connectivity index (χ4n) is 1.36. The molecule has 0 spiro atoms. The Balaban J connectivity index is 1.92. The van der Waals surface area contributed by atoms with Crippen LogP contribution >= 0.6 is 23.1 Å². The van der Waals surface area contributed by atoms with Crippen molar-refractivity contribution < 1.29 is 4.74 Å². The number of thioether (sulfide) groups is 1. The summed E-state index contributed by atoms with van der Waals surface area (Å²) in [5.41, 5.74) is 0. The van der Waals surface area contributed by atoms with Crippen molar-refractivity contribution in [2.75, 3.05) is 6.61 Å². The van der Waals surface area contributed by atoms with E-state index in [4.69, 9.17) is 4.74 Å². The molecule has 2 aromatic rings. The van der Waals surface area contributed by atoms with E-state index < -0.39 is 0 Å². The monoisotopic (exact) mass is 300 g/mol. The van der Waals surface area contributed by atoms with Gasteiger partial charge in [-0.2, -0.15) is 0 Å². The van der Waals surface area contributed by atoms with Crippen molar-refractivity contribution in [1.82, 2.24) is 30.4 Å². The van der Waals surface area contributed by atoms with Crippen LogP contribution in [0.2, 0.25) is 0 Å². The molecular formula is C10H16N6OS2. The van der Waals surface area contributed by atoms with Crippen LogP contribution in [0.4, 0.5) is 0 Å². The van der Waals surface area contributed by atoms with Crippen LogP contribution < -0.4 is 4.74 Å². The minimum atomic E-state index is 0.508. The molecule has 0 aromatic carbocycles. The molecule has 0 fully saturated rings. The SMILES string of the molecule is CCOc1nnc(CSc2nnnn2CC(C)C)s1. The molecule has 0 atom stereocenters. The highest BCUT2D eigenvalue weighted by molar-refractivity contribution is 7.98. The Bertz CT molecular complexity index is 512. The minimum absolute atomic E-state index is 0.508. The summed E-state index contributed by atoms with van der Waals surface area (Å²) in [7, 11) is 0. The molecule has 0 radical (unpaired) electrons. The van der Waals surface area contributed by atoms with E-state index in [1.807, 2.05) is 11.6 Å². The Morgan fingerprint density at radius 2 is 2.16 bits per heavy atom. The summed E-state index contributed by atoms with van der Waals surface area (Å²) in [6.45, 7) is 7.62. The number of hydrogen-bond donors (Lipinski definition) is 0. The highest BCUT2D eigenvalue weighted by atomic mass is 32.2. The summed E-state index contributed by atoms with van der Waals surface area (Å²) < 4.78 is 7.11. The fraction of sp³-hybridized carbons (Fsp3) is 0.700. The zero-order valence-electron chi connectivity index (χ0n) is 11.1. The topological polar surface area (TPSA) is 78.6 Å². The van der Waals surface area contributed by atoms with Gasteiger partial charge in [0.2, 0.25) is 5.16 Å². The zero-order valence-corrected chi connectivity index (χ0v) is 12.7. The Labute approximate surface area is 119 Å². The minimum Gasteiger partial charge on any atom is -0.469 e. The average Bonchev–Trinajstić information content (AvgIpc) is 2.96. The first-order valence-electron chi connectivity index (χ1n) is 6.03. The summed E-state index contributed by atoms with van der Waals surface area (Å²) in [5.74, 6) is 1.21. The first kappa shape index (κ1) is 14.2. The van der Waals surface area contributed by atoms with Gasteiger partial charge in [-0.25, -0.2) is 4.68 Å². The van der Waals surface area contributed by atoms with Gasteiger partial charge in [0.1, 0.15) is 5.01 Å². The van der Waals surface area contributed by atoms with E-state index in [2.05, 4.69) is 39.6 Å². The van der Waals surface area contributed by atoms with Crippen LogP contribution in [-0.2, 0) is 12.3 Å². The highest BCUT2D eigenvalue weighted by Gasteiger charge is 2.11. The molecule has 0 unspecified atom stereocenters. The van der Waals surface area contributed by atoms with Gasteiger partial charge in [-0.15, -0.1) is 15.3 Å². The van der Waals surface area contributed by atoms with E-state index in [9.17, 15) is 0 Å². The molecular weight excluding hydrogens is 284 g/mol. The first-order valence-corrected chi connectivity index (χ1v) is 7.83. The maximum absolute atomic E-state index is 5.29. The quantitative estimate of drug-likeness (QED) is 0.722. The smallest absolute Gasteiger partial charge is 0.294 e. The second-order valence-electron chi connectivity index (χ2n) is 4.22. The number of rotatable bonds is 7. The fourth-order valence-corrected chi connectivity index (χ4v) is 2.98. The Kier molecular flexibility index (Phi) is 5.08. The van der Waals surface area contributed by atoms with Crippen LogP contribution in [0.5, 0.6) is 5.19 Å². The van der Waals surface area contributed by atoms with Crippen LogP contribution in [0.3, 0.4) is 0 Å².